The van der Waals surface area contributed by atoms with Gasteiger partial charge in [-0.1, -0.05) is 31.5 Å². The smallest absolute Gasteiger partial charge is 0.0795 e. The van der Waals surface area contributed by atoms with E-state index in [1.807, 2.05) is 0 Å². The fourth-order valence-electron chi connectivity index (χ4n) is 7.76. The first-order valence-corrected chi connectivity index (χ1v) is 10.5. The van der Waals surface area contributed by atoms with Crippen molar-refractivity contribution < 1.29 is 10.4 Å². The first kappa shape index (κ1) is 18.1. The van der Waals surface area contributed by atoms with Crippen molar-refractivity contribution in [2.45, 2.75) is 72.1 Å². The lowest BCUT2D eigenvalue weighted by atomic mass is 9.46. The highest BCUT2D eigenvalue weighted by Gasteiger charge is 2.59. The Kier molecular flexibility index (Phi) is 4.44. The predicted molar refractivity (Wildman–Crippen MR) is 104 cm³/mol. The lowest BCUT2D eigenvalue weighted by Crippen LogP contribution is -2.51. The van der Waals surface area contributed by atoms with E-state index < -0.39 is 0 Å². The molecule has 0 saturated heterocycles. The van der Waals surface area contributed by atoms with Gasteiger partial charge >= 0.3 is 0 Å². The first-order valence-electron chi connectivity index (χ1n) is 10.5. The molecular weight excluding hydrogens is 324 g/mol. The quantitative estimate of drug-likeness (QED) is 0.389. The van der Waals surface area contributed by atoms with Gasteiger partial charge in [-0.05, 0) is 97.9 Å². The number of hydrogen-bond acceptors (Lipinski definition) is 4. The Morgan fingerprint density at radius 3 is 2.62 bits per heavy atom. The highest BCUT2D eigenvalue weighted by molar-refractivity contribution is 5.96. The van der Waals surface area contributed by atoms with Crippen LogP contribution in [0, 0.1) is 40.4 Å². The molecule has 0 aromatic rings. The Hall–Kier alpha value is -1.32. The van der Waals surface area contributed by atoms with Crippen LogP contribution >= 0.6 is 0 Å². The van der Waals surface area contributed by atoms with Crippen LogP contribution in [0.3, 0.4) is 0 Å². The lowest BCUT2D eigenvalue weighted by Gasteiger charge is -2.58. The second-order valence-corrected chi connectivity index (χ2v) is 9.95. The van der Waals surface area contributed by atoms with Gasteiger partial charge < -0.3 is 10.4 Å². The summed E-state index contributed by atoms with van der Waals surface area (Å²) >= 11 is 0. The van der Waals surface area contributed by atoms with Gasteiger partial charge in [0.15, 0.2) is 0 Å². The molecule has 3 fully saturated rings. The Balaban J connectivity index is 1.62. The molecule has 26 heavy (non-hydrogen) atoms. The van der Waals surface area contributed by atoms with Gasteiger partial charge in [0.1, 0.15) is 0 Å². The van der Waals surface area contributed by atoms with E-state index in [2.05, 4.69) is 37.2 Å². The maximum Gasteiger partial charge on any atom is 0.0795 e. The normalized spacial score (nSPS) is 48.0. The molecule has 3 saturated carbocycles. The molecule has 0 aromatic heterocycles. The zero-order chi connectivity index (χ0) is 18.5. The standard InChI is InChI=1S/C22H34N2O2/c1-14(13-23-25)18-6-7-19-17-5-4-15-12-16(24-26)8-10-21(15,2)20(17)9-11-22(18,19)3/h12-14,17-20,25-26H,4-11H2,1-3H3/b23-13+,24-16-. The van der Waals surface area contributed by atoms with Crippen molar-refractivity contribution >= 4 is 11.9 Å². The van der Waals surface area contributed by atoms with Crippen molar-refractivity contribution in [2.75, 3.05) is 0 Å². The fraction of sp³-hybridized carbons (Fsp3) is 0.818. The van der Waals surface area contributed by atoms with Gasteiger partial charge in [-0.3, -0.25) is 0 Å². The molecule has 2 N–H and O–H groups in total. The molecule has 4 aliphatic rings. The summed E-state index contributed by atoms with van der Waals surface area (Å²) in [5.41, 5.74) is 3.10. The predicted octanol–water partition coefficient (Wildman–Crippen LogP) is 5.49. The van der Waals surface area contributed by atoms with Crippen molar-refractivity contribution in [1.29, 1.82) is 0 Å². The van der Waals surface area contributed by atoms with Gasteiger partial charge in [0.05, 0.1) is 5.71 Å². The molecule has 0 radical (unpaired) electrons. The Morgan fingerprint density at radius 1 is 1.08 bits per heavy atom. The number of nitrogens with zero attached hydrogens (tertiary/aromatic N) is 2. The third-order valence-electron chi connectivity index (χ3n) is 9.12. The number of hydrogen-bond donors (Lipinski definition) is 2. The minimum absolute atomic E-state index is 0.300. The number of oxime groups is 2. The largest absolute Gasteiger partial charge is 0.411 e. The molecule has 7 atom stereocenters. The highest BCUT2D eigenvalue weighted by Crippen LogP contribution is 2.67. The summed E-state index contributed by atoms with van der Waals surface area (Å²) in [6, 6.07) is 0. The summed E-state index contributed by atoms with van der Waals surface area (Å²) in [6.45, 7) is 7.24. The number of fused-ring (bicyclic) bond motifs is 5. The van der Waals surface area contributed by atoms with Crippen LogP contribution in [-0.2, 0) is 0 Å². The van der Waals surface area contributed by atoms with Gasteiger partial charge in [0.25, 0.3) is 0 Å². The van der Waals surface area contributed by atoms with Crippen LogP contribution in [0.5, 0.6) is 0 Å². The highest BCUT2D eigenvalue weighted by atomic mass is 16.4. The van der Waals surface area contributed by atoms with Crippen LogP contribution in [0.1, 0.15) is 72.1 Å². The van der Waals surface area contributed by atoms with Gasteiger partial charge in [-0.2, -0.15) is 0 Å². The molecule has 0 amide bonds. The minimum Gasteiger partial charge on any atom is -0.411 e. The molecular formula is C22H34N2O2. The second-order valence-electron chi connectivity index (χ2n) is 9.95. The van der Waals surface area contributed by atoms with Gasteiger partial charge in [0.2, 0.25) is 0 Å². The molecule has 0 aliphatic heterocycles. The zero-order valence-corrected chi connectivity index (χ0v) is 16.5. The van der Waals surface area contributed by atoms with Crippen LogP contribution in [0.2, 0.25) is 0 Å². The third kappa shape index (κ3) is 2.47. The number of rotatable bonds is 2. The Labute approximate surface area is 157 Å². The molecule has 0 bridgehead atoms. The third-order valence-corrected chi connectivity index (χ3v) is 9.12. The summed E-state index contributed by atoms with van der Waals surface area (Å²) in [5, 5.41) is 25.0. The molecule has 0 aromatic carbocycles. The van der Waals surface area contributed by atoms with E-state index in [0.29, 0.717) is 22.7 Å². The van der Waals surface area contributed by atoms with Crippen molar-refractivity contribution in [3.8, 4) is 0 Å². The number of allylic oxidation sites excluding steroid dienone is 2. The molecule has 144 valence electrons. The van der Waals surface area contributed by atoms with Crippen LogP contribution in [0.25, 0.3) is 0 Å². The van der Waals surface area contributed by atoms with E-state index >= 15 is 0 Å². The van der Waals surface area contributed by atoms with Crippen molar-refractivity contribution in [3.63, 3.8) is 0 Å². The Morgan fingerprint density at radius 2 is 1.88 bits per heavy atom. The average Bonchev–Trinajstić information content (AvgIpc) is 2.98. The summed E-state index contributed by atoms with van der Waals surface area (Å²) in [5.74, 6) is 3.42. The molecule has 7 unspecified atom stereocenters. The zero-order valence-electron chi connectivity index (χ0n) is 16.5. The van der Waals surface area contributed by atoms with Crippen LogP contribution in [-0.4, -0.2) is 22.3 Å². The Bertz CT molecular complexity index is 655. The molecule has 4 heteroatoms. The van der Waals surface area contributed by atoms with E-state index in [1.54, 1.807) is 6.21 Å². The van der Waals surface area contributed by atoms with Crippen LogP contribution < -0.4 is 0 Å². The second kappa shape index (κ2) is 6.38. The van der Waals surface area contributed by atoms with Gasteiger partial charge in [0, 0.05) is 6.21 Å². The summed E-state index contributed by atoms with van der Waals surface area (Å²) in [4.78, 5) is 0. The van der Waals surface area contributed by atoms with Crippen molar-refractivity contribution in [2.24, 2.45) is 50.7 Å². The summed E-state index contributed by atoms with van der Waals surface area (Å²) < 4.78 is 0. The van der Waals surface area contributed by atoms with E-state index in [4.69, 9.17) is 5.21 Å². The average molecular weight is 359 g/mol. The maximum atomic E-state index is 9.19. The molecule has 0 spiro atoms. The summed E-state index contributed by atoms with van der Waals surface area (Å²) in [7, 11) is 0. The van der Waals surface area contributed by atoms with Crippen molar-refractivity contribution in [1.82, 2.24) is 0 Å². The van der Waals surface area contributed by atoms with Crippen molar-refractivity contribution in [3.05, 3.63) is 11.6 Å². The molecule has 4 nitrogen and oxygen atoms in total. The van der Waals surface area contributed by atoms with Crippen LogP contribution in [0.15, 0.2) is 22.0 Å². The van der Waals surface area contributed by atoms with E-state index in [0.717, 1.165) is 36.3 Å². The SMILES string of the molecule is CC(/C=N/O)C1CCC2C3CCC4=C/C(=N\O)CCC4(C)C3CCC12C. The molecule has 0 heterocycles. The van der Waals surface area contributed by atoms with Gasteiger partial charge in [-0.15, -0.1) is 5.16 Å². The minimum atomic E-state index is 0.300. The monoisotopic (exact) mass is 358 g/mol. The van der Waals surface area contributed by atoms with E-state index in [1.165, 1.54) is 44.1 Å². The topological polar surface area (TPSA) is 65.2 Å². The molecule has 4 rings (SSSR count). The van der Waals surface area contributed by atoms with Crippen LogP contribution in [0.4, 0.5) is 0 Å². The maximum absolute atomic E-state index is 9.19. The first-order chi connectivity index (χ1) is 12.4. The summed E-state index contributed by atoms with van der Waals surface area (Å²) in [6.07, 6.45) is 13.7. The molecule has 4 aliphatic carbocycles. The lowest BCUT2D eigenvalue weighted by molar-refractivity contribution is -0.0526. The van der Waals surface area contributed by atoms with E-state index in [9.17, 15) is 5.21 Å². The fourth-order valence-corrected chi connectivity index (χ4v) is 7.76. The van der Waals surface area contributed by atoms with Gasteiger partial charge in [-0.25, -0.2) is 0 Å². The van der Waals surface area contributed by atoms with E-state index in [-0.39, 0.29) is 0 Å².